The molecule has 1 rings (SSSR count). The first-order valence-electron chi connectivity index (χ1n) is 7.23. The summed E-state index contributed by atoms with van der Waals surface area (Å²) >= 11 is 5.81. The van der Waals surface area contributed by atoms with Gasteiger partial charge in [-0.1, -0.05) is 51.1 Å². The molecule has 0 bridgehead atoms. The molecule has 0 radical (unpaired) electrons. The first-order chi connectivity index (χ1) is 9.08. The molecule has 0 aromatic heterocycles. The van der Waals surface area contributed by atoms with Gasteiger partial charge in [0.2, 0.25) is 0 Å². The van der Waals surface area contributed by atoms with Gasteiger partial charge in [-0.05, 0) is 42.6 Å². The maximum Gasteiger partial charge on any atom is 0.125 e. The molecule has 0 heterocycles. The molecule has 1 aromatic carbocycles. The van der Waals surface area contributed by atoms with E-state index in [1.54, 1.807) is 6.07 Å². The lowest BCUT2D eigenvalue weighted by Crippen LogP contribution is -2.14. The van der Waals surface area contributed by atoms with Crippen molar-refractivity contribution in [1.29, 1.82) is 0 Å². The molecule has 19 heavy (non-hydrogen) atoms. The van der Waals surface area contributed by atoms with Crippen molar-refractivity contribution >= 4 is 11.6 Å². The third-order valence-electron chi connectivity index (χ3n) is 3.14. The molecule has 0 atom stereocenters. The van der Waals surface area contributed by atoms with Crippen molar-refractivity contribution in [1.82, 2.24) is 5.32 Å². The van der Waals surface area contributed by atoms with E-state index in [4.69, 9.17) is 11.6 Å². The zero-order chi connectivity index (χ0) is 14.1. The van der Waals surface area contributed by atoms with E-state index in [1.165, 1.54) is 44.2 Å². The first-order valence-corrected chi connectivity index (χ1v) is 7.61. The van der Waals surface area contributed by atoms with E-state index in [2.05, 4.69) is 19.2 Å². The summed E-state index contributed by atoms with van der Waals surface area (Å²) in [5, 5.41) is 3.79. The summed E-state index contributed by atoms with van der Waals surface area (Å²) in [6.45, 7) is 6.20. The average molecular weight is 286 g/mol. The van der Waals surface area contributed by atoms with E-state index in [1.807, 2.05) is 0 Å². The van der Waals surface area contributed by atoms with Gasteiger partial charge in [0.15, 0.2) is 0 Å². The van der Waals surface area contributed by atoms with E-state index in [0.29, 0.717) is 11.6 Å². The lowest BCUT2D eigenvalue weighted by atomic mass is 10.0. The normalized spacial score (nSPS) is 11.2. The zero-order valence-electron chi connectivity index (χ0n) is 12.0. The lowest BCUT2D eigenvalue weighted by Gasteiger charge is -2.07. The minimum absolute atomic E-state index is 0.266. The predicted molar refractivity (Wildman–Crippen MR) is 81.0 cm³/mol. The Morgan fingerprint density at radius 3 is 2.53 bits per heavy atom. The van der Waals surface area contributed by atoms with E-state index in [0.717, 1.165) is 18.0 Å². The fourth-order valence-electron chi connectivity index (χ4n) is 2.10. The van der Waals surface area contributed by atoms with Crippen molar-refractivity contribution in [3.8, 4) is 0 Å². The topological polar surface area (TPSA) is 12.0 Å². The SMILES string of the molecule is CC(C)CCCCCCNCc1cc(F)cc(Cl)c1. The van der Waals surface area contributed by atoms with Crippen LogP contribution in [0.3, 0.4) is 0 Å². The average Bonchev–Trinajstić information content (AvgIpc) is 2.31. The second-order valence-corrected chi connectivity index (χ2v) is 5.99. The van der Waals surface area contributed by atoms with Crippen LogP contribution >= 0.6 is 11.6 Å². The van der Waals surface area contributed by atoms with Crippen LogP contribution in [0.1, 0.15) is 51.5 Å². The summed E-state index contributed by atoms with van der Waals surface area (Å²) in [6.07, 6.45) is 6.42. The molecule has 0 unspecified atom stereocenters. The standard InChI is InChI=1S/C16H25ClFN/c1-13(2)7-5-3-4-6-8-19-12-14-9-15(17)11-16(18)10-14/h9-11,13,19H,3-8,12H2,1-2H3. The molecule has 1 N–H and O–H groups in total. The summed E-state index contributed by atoms with van der Waals surface area (Å²) in [6, 6.07) is 4.67. The number of rotatable bonds is 9. The van der Waals surface area contributed by atoms with Crippen molar-refractivity contribution < 1.29 is 4.39 Å². The molecular formula is C16H25ClFN. The van der Waals surface area contributed by atoms with Crippen LogP contribution in [0.15, 0.2) is 18.2 Å². The highest BCUT2D eigenvalue weighted by Gasteiger charge is 1.99. The fourth-order valence-corrected chi connectivity index (χ4v) is 2.35. The van der Waals surface area contributed by atoms with Crippen molar-refractivity contribution in [2.75, 3.05) is 6.54 Å². The Bertz CT molecular complexity index is 346. The highest BCUT2D eigenvalue weighted by molar-refractivity contribution is 6.30. The summed E-state index contributed by atoms with van der Waals surface area (Å²) in [5.74, 6) is 0.550. The van der Waals surface area contributed by atoms with Gasteiger partial charge < -0.3 is 5.32 Å². The van der Waals surface area contributed by atoms with Gasteiger partial charge in [0.05, 0.1) is 0 Å². The van der Waals surface area contributed by atoms with Gasteiger partial charge in [-0.15, -0.1) is 0 Å². The summed E-state index contributed by atoms with van der Waals surface area (Å²) in [5.41, 5.74) is 0.907. The van der Waals surface area contributed by atoms with Crippen molar-refractivity contribution in [3.05, 3.63) is 34.6 Å². The quantitative estimate of drug-likeness (QED) is 0.617. The molecule has 0 amide bonds. The minimum Gasteiger partial charge on any atom is -0.313 e. The maximum atomic E-state index is 13.1. The van der Waals surface area contributed by atoms with Crippen LogP contribution in [0.5, 0.6) is 0 Å². The van der Waals surface area contributed by atoms with Crippen molar-refractivity contribution in [2.45, 2.75) is 52.5 Å². The van der Waals surface area contributed by atoms with E-state index < -0.39 is 0 Å². The number of halogens is 2. The van der Waals surface area contributed by atoms with Crippen LogP contribution in [-0.2, 0) is 6.54 Å². The van der Waals surface area contributed by atoms with E-state index in [9.17, 15) is 4.39 Å². The van der Waals surface area contributed by atoms with E-state index >= 15 is 0 Å². The van der Waals surface area contributed by atoms with Crippen LogP contribution in [0.4, 0.5) is 4.39 Å². The van der Waals surface area contributed by atoms with Crippen molar-refractivity contribution in [2.24, 2.45) is 5.92 Å². The predicted octanol–water partition coefficient (Wildman–Crippen LogP) is 5.18. The molecule has 0 saturated heterocycles. The smallest absolute Gasteiger partial charge is 0.125 e. The number of unbranched alkanes of at least 4 members (excludes halogenated alkanes) is 3. The third-order valence-corrected chi connectivity index (χ3v) is 3.35. The largest absolute Gasteiger partial charge is 0.313 e. The van der Waals surface area contributed by atoms with Gasteiger partial charge in [0.1, 0.15) is 5.82 Å². The van der Waals surface area contributed by atoms with Crippen molar-refractivity contribution in [3.63, 3.8) is 0 Å². The van der Waals surface area contributed by atoms with Gasteiger partial charge >= 0.3 is 0 Å². The number of nitrogens with one attached hydrogen (secondary N) is 1. The van der Waals surface area contributed by atoms with Gasteiger partial charge in [0.25, 0.3) is 0 Å². The molecule has 0 aliphatic heterocycles. The van der Waals surface area contributed by atoms with Crippen LogP contribution in [0.2, 0.25) is 5.02 Å². The number of benzene rings is 1. The Morgan fingerprint density at radius 1 is 1.11 bits per heavy atom. The van der Waals surface area contributed by atoms with Gasteiger partial charge in [0, 0.05) is 11.6 Å². The van der Waals surface area contributed by atoms with Crippen LogP contribution < -0.4 is 5.32 Å². The number of hydrogen-bond acceptors (Lipinski definition) is 1. The molecular weight excluding hydrogens is 261 g/mol. The molecule has 0 saturated carbocycles. The summed E-state index contributed by atoms with van der Waals surface area (Å²) in [7, 11) is 0. The Morgan fingerprint density at radius 2 is 1.84 bits per heavy atom. The second-order valence-electron chi connectivity index (χ2n) is 5.55. The highest BCUT2D eigenvalue weighted by atomic mass is 35.5. The molecule has 3 heteroatoms. The molecule has 0 aliphatic carbocycles. The number of hydrogen-bond donors (Lipinski definition) is 1. The monoisotopic (exact) mass is 285 g/mol. The third kappa shape index (κ3) is 8.22. The lowest BCUT2D eigenvalue weighted by molar-refractivity contribution is 0.512. The Balaban J connectivity index is 2.04. The molecule has 0 fully saturated rings. The molecule has 108 valence electrons. The maximum absolute atomic E-state index is 13.1. The van der Waals surface area contributed by atoms with Crippen LogP contribution in [0.25, 0.3) is 0 Å². The first kappa shape index (κ1) is 16.5. The minimum atomic E-state index is -0.266. The van der Waals surface area contributed by atoms with E-state index in [-0.39, 0.29) is 5.82 Å². The molecule has 0 spiro atoms. The molecule has 1 aromatic rings. The Kier molecular flexibility index (Phi) is 8.08. The molecule has 0 aliphatic rings. The fraction of sp³-hybridized carbons (Fsp3) is 0.625. The zero-order valence-corrected chi connectivity index (χ0v) is 12.8. The summed E-state index contributed by atoms with van der Waals surface area (Å²) < 4.78 is 13.1. The molecule has 1 nitrogen and oxygen atoms in total. The van der Waals surface area contributed by atoms with Gasteiger partial charge in [-0.2, -0.15) is 0 Å². The summed E-state index contributed by atoms with van der Waals surface area (Å²) in [4.78, 5) is 0. The van der Waals surface area contributed by atoms with Crippen LogP contribution in [-0.4, -0.2) is 6.54 Å². The van der Waals surface area contributed by atoms with Gasteiger partial charge in [-0.25, -0.2) is 4.39 Å². The van der Waals surface area contributed by atoms with Crippen LogP contribution in [0, 0.1) is 11.7 Å². The Labute approximate surface area is 121 Å². The van der Waals surface area contributed by atoms with Gasteiger partial charge in [-0.3, -0.25) is 0 Å². The Hall–Kier alpha value is -0.600. The second kappa shape index (κ2) is 9.33. The highest BCUT2D eigenvalue weighted by Crippen LogP contribution is 2.14.